The first kappa shape index (κ1) is 15.8. The van der Waals surface area contributed by atoms with E-state index in [4.69, 9.17) is 4.42 Å². The van der Waals surface area contributed by atoms with Crippen molar-refractivity contribution in [3.8, 4) is 28.6 Å². The lowest BCUT2D eigenvalue weighted by molar-refractivity contribution is 0.331. The molecule has 0 bridgehead atoms. The SMILES string of the molecule is CC1CCCCC1c1c2ccc(=O)c(O)c-2oc2c(O)c(O)ccc12. The lowest BCUT2D eigenvalue weighted by Crippen LogP contribution is -2.17. The quantitative estimate of drug-likeness (QED) is 0.453. The molecule has 0 saturated heterocycles. The number of phenols is 3. The molecule has 0 spiro atoms. The zero-order valence-electron chi connectivity index (χ0n) is 14.0. The van der Waals surface area contributed by atoms with Crippen LogP contribution in [0.3, 0.4) is 0 Å². The monoisotopic (exact) mass is 340 g/mol. The summed E-state index contributed by atoms with van der Waals surface area (Å²) in [5, 5.41) is 31.0. The van der Waals surface area contributed by atoms with Gasteiger partial charge in [-0.1, -0.05) is 26.2 Å². The van der Waals surface area contributed by atoms with Crippen LogP contribution in [0.25, 0.3) is 22.3 Å². The highest BCUT2D eigenvalue weighted by Gasteiger charge is 2.31. The predicted octanol–water partition coefficient (Wildman–Crippen LogP) is 4.31. The summed E-state index contributed by atoms with van der Waals surface area (Å²) in [5.41, 5.74) is 1.22. The van der Waals surface area contributed by atoms with Crippen LogP contribution in [0.15, 0.2) is 33.5 Å². The molecule has 0 radical (unpaired) electrons. The molecule has 2 unspecified atom stereocenters. The second-order valence-electron chi connectivity index (χ2n) is 6.98. The zero-order valence-corrected chi connectivity index (χ0v) is 14.0. The molecule has 4 rings (SSSR count). The van der Waals surface area contributed by atoms with Gasteiger partial charge in [0.25, 0.3) is 0 Å². The average molecular weight is 340 g/mol. The highest BCUT2D eigenvalue weighted by Crippen LogP contribution is 2.49. The number of phenolic OH excluding ortho intramolecular Hbond substituents is 3. The molecule has 25 heavy (non-hydrogen) atoms. The van der Waals surface area contributed by atoms with Gasteiger partial charge in [-0.15, -0.1) is 0 Å². The largest absolute Gasteiger partial charge is 0.504 e. The van der Waals surface area contributed by atoms with Gasteiger partial charge in [-0.2, -0.15) is 0 Å². The predicted molar refractivity (Wildman–Crippen MR) is 94.5 cm³/mol. The summed E-state index contributed by atoms with van der Waals surface area (Å²) in [6, 6.07) is 6.20. The van der Waals surface area contributed by atoms with Crippen molar-refractivity contribution in [3.05, 3.63) is 40.1 Å². The first-order valence-corrected chi connectivity index (χ1v) is 8.62. The van der Waals surface area contributed by atoms with E-state index in [1.165, 1.54) is 18.6 Å². The molecule has 5 heteroatoms. The van der Waals surface area contributed by atoms with Crippen LogP contribution in [0.5, 0.6) is 17.2 Å². The fourth-order valence-electron chi connectivity index (χ4n) is 4.14. The van der Waals surface area contributed by atoms with E-state index in [9.17, 15) is 20.1 Å². The van der Waals surface area contributed by atoms with E-state index in [1.54, 1.807) is 12.1 Å². The van der Waals surface area contributed by atoms with Gasteiger partial charge in [0.05, 0.1) is 0 Å². The number of fused-ring (bicyclic) bond motifs is 2. The Morgan fingerprint density at radius 2 is 1.76 bits per heavy atom. The Morgan fingerprint density at radius 3 is 2.52 bits per heavy atom. The number of hydrogen-bond donors (Lipinski definition) is 3. The number of hydrogen-bond acceptors (Lipinski definition) is 5. The maximum absolute atomic E-state index is 11.9. The highest BCUT2D eigenvalue weighted by molar-refractivity contribution is 5.94. The first-order chi connectivity index (χ1) is 12.0. The fourth-order valence-corrected chi connectivity index (χ4v) is 4.14. The van der Waals surface area contributed by atoms with Crippen molar-refractivity contribution in [2.75, 3.05) is 0 Å². The maximum atomic E-state index is 11.9. The zero-order chi connectivity index (χ0) is 17.7. The van der Waals surface area contributed by atoms with Crippen LogP contribution < -0.4 is 5.43 Å². The third kappa shape index (κ3) is 2.34. The second kappa shape index (κ2) is 5.69. The molecule has 0 amide bonds. The minimum atomic E-state index is -0.530. The van der Waals surface area contributed by atoms with E-state index < -0.39 is 11.2 Å². The lowest BCUT2D eigenvalue weighted by atomic mass is 9.74. The molecule has 1 saturated carbocycles. The van der Waals surface area contributed by atoms with E-state index >= 15 is 0 Å². The molecular formula is C20H20O5. The molecule has 5 nitrogen and oxygen atoms in total. The Morgan fingerprint density at radius 1 is 1.00 bits per heavy atom. The summed E-state index contributed by atoms with van der Waals surface area (Å²) in [6.07, 6.45) is 4.40. The molecule has 1 heterocycles. The Balaban J connectivity index is 2.15. The summed E-state index contributed by atoms with van der Waals surface area (Å²) in [5.74, 6) is -0.403. The standard InChI is InChI=1S/C20H20O5/c1-10-4-2-3-5-11(10)16-12-6-8-14(21)17(23)19(12)25-20-13(16)7-9-15(22)18(20)24/h6-11,21,23-24H,2-5H2,1H3. The van der Waals surface area contributed by atoms with Crippen LogP contribution >= 0.6 is 0 Å². The van der Waals surface area contributed by atoms with Gasteiger partial charge in [0.1, 0.15) is 0 Å². The van der Waals surface area contributed by atoms with Crippen LogP contribution in [-0.2, 0) is 0 Å². The molecule has 1 aromatic carbocycles. The first-order valence-electron chi connectivity index (χ1n) is 8.62. The third-order valence-corrected chi connectivity index (χ3v) is 5.47. The van der Waals surface area contributed by atoms with Crippen LogP contribution in [-0.4, -0.2) is 15.3 Å². The molecule has 130 valence electrons. The summed E-state index contributed by atoms with van der Waals surface area (Å²) in [7, 11) is 0. The molecular weight excluding hydrogens is 320 g/mol. The minimum absolute atomic E-state index is 0.0636. The summed E-state index contributed by atoms with van der Waals surface area (Å²) in [6.45, 7) is 2.20. The third-order valence-electron chi connectivity index (χ3n) is 5.47. The normalized spacial score (nSPS) is 21.0. The second-order valence-corrected chi connectivity index (χ2v) is 6.98. The Labute approximate surface area is 144 Å². The van der Waals surface area contributed by atoms with Gasteiger partial charge >= 0.3 is 0 Å². The van der Waals surface area contributed by atoms with Gasteiger partial charge in [0.2, 0.25) is 16.9 Å². The molecule has 1 fully saturated rings. The van der Waals surface area contributed by atoms with Crippen molar-refractivity contribution in [2.24, 2.45) is 5.92 Å². The van der Waals surface area contributed by atoms with Crippen molar-refractivity contribution in [1.29, 1.82) is 0 Å². The lowest BCUT2D eigenvalue weighted by Gasteiger charge is -2.32. The smallest absolute Gasteiger partial charge is 0.224 e. The van der Waals surface area contributed by atoms with Crippen LogP contribution in [0.1, 0.15) is 44.1 Å². The van der Waals surface area contributed by atoms with Crippen LogP contribution in [0.4, 0.5) is 0 Å². The van der Waals surface area contributed by atoms with E-state index in [1.807, 2.05) is 0 Å². The summed E-state index contributed by atoms with van der Waals surface area (Å²) >= 11 is 0. The Hall–Kier alpha value is -2.69. The van der Waals surface area contributed by atoms with Gasteiger partial charge in [0.15, 0.2) is 17.1 Å². The van der Waals surface area contributed by atoms with Gasteiger partial charge in [-0.3, -0.25) is 4.79 Å². The van der Waals surface area contributed by atoms with E-state index in [-0.39, 0.29) is 28.8 Å². The van der Waals surface area contributed by atoms with Gasteiger partial charge < -0.3 is 19.7 Å². The van der Waals surface area contributed by atoms with Crippen molar-refractivity contribution in [1.82, 2.24) is 0 Å². The van der Waals surface area contributed by atoms with Crippen LogP contribution in [0.2, 0.25) is 0 Å². The Kier molecular flexibility index (Phi) is 3.60. The van der Waals surface area contributed by atoms with E-state index in [2.05, 4.69) is 6.92 Å². The van der Waals surface area contributed by atoms with Crippen molar-refractivity contribution >= 4 is 11.0 Å². The molecule has 0 aromatic heterocycles. The average Bonchev–Trinajstić information content (AvgIpc) is 2.61. The van der Waals surface area contributed by atoms with Gasteiger partial charge in [0, 0.05) is 10.9 Å². The highest BCUT2D eigenvalue weighted by atomic mass is 16.4. The minimum Gasteiger partial charge on any atom is -0.504 e. The van der Waals surface area contributed by atoms with Crippen molar-refractivity contribution in [2.45, 2.75) is 38.5 Å². The summed E-state index contributed by atoms with van der Waals surface area (Å²) in [4.78, 5) is 11.9. The van der Waals surface area contributed by atoms with E-state index in [0.29, 0.717) is 16.9 Å². The summed E-state index contributed by atoms with van der Waals surface area (Å²) < 4.78 is 5.68. The molecule has 2 aliphatic carbocycles. The number of aromatic hydroxyl groups is 3. The molecule has 2 atom stereocenters. The maximum Gasteiger partial charge on any atom is 0.224 e. The van der Waals surface area contributed by atoms with Gasteiger partial charge in [-0.05, 0) is 48.1 Å². The number of benzene rings is 2. The molecule has 1 aromatic rings. The molecule has 3 N–H and O–H groups in total. The van der Waals surface area contributed by atoms with Crippen molar-refractivity contribution < 1.29 is 19.7 Å². The molecule has 1 aliphatic heterocycles. The van der Waals surface area contributed by atoms with Crippen molar-refractivity contribution in [3.63, 3.8) is 0 Å². The van der Waals surface area contributed by atoms with E-state index in [0.717, 1.165) is 24.8 Å². The topological polar surface area (TPSA) is 90.9 Å². The van der Waals surface area contributed by atoms with Gasteiger partial charge in [-0.25, -0.2) is 0 Å². The fraction of sp³-hybridized carbons (Fsp3) is 0.350. The molecule has 3 aliphatic rings. The Bertz CT molecular complexity index is 988. The van der Waals surface area contributed by atoms with Crippen LogP contribution in [0, 0.1) is 5.92 Å². The number of rotatable bonds is 1.